The van der Waals surface area contributed by atoms with Gasteiger partial charge in [-0.1, -0.05) is 17.4 Å². The van der Waals surface area contributed by atoms with Crippen molar-refractivity contribution in [2.45, 2.75) is 38.3 Å². The van der Waals surface area contributed by atoms with Crippen molar-refractivity contribution in [3.63, 3.8) is 0 Å². The summed E-state index contributed by atoms with van der Waals surface area (Å²) in [5.74, 6) is -0.990. The second kappa shape index (κ2) is 9.35. The van der Waals surface area contributed by atoms with E-state index in [1.165, 1.54) is 54.1 Å². The van der Waals surface area contributed by atoms with Crippen LogP contribution in [0, 0.1) is 6.92 Å². The topological polar surface area (TPSA) is 98.0 Å². The summed E-state index contributed by atoms with van der Waals surface area (Å²) in [5.41, 5.74) is 2.06. The maximum Gasteiger partial charge on any atom is 0.325 e. The molecule has 1 aromatic heterocycles. The second-order valence-electron chi connectivity index (χ2n) is 7.57. The Balaban J connectivity index is 2.01. The average Bonchev–Trinajstić information content (AvgIpc) is 3.08. The first-order chi connectivity index (χ1) is 15.0. The molecule has 3 rings (SSSR count). The SMILES string of the molecule is COC(=O)Cn1c(=NC(=O)c2ccc(S(=O)(=O)N(C)C(C)C)cc2)sc2cc(C)ccc21. The molecule has 8 nitrogen and oxygen atoms in total. The molecule has 0 aliphatic rings. The lowest BCUT2D eigenvalue weighted by Gasteiger charge is -2.20. The number of fused-ring (bicyclic) bond motifs is 1. The molecule has 0 unspecified atom stereocenters. The Kier molecular flexibility index (Phi) is 6.97. The summed E-state index contributed by atoms with van der Waals surface area (Å²) in [4.78, 5) is 29.4. The van der Waals surface area contributed by atoms with Crippen molar-refractivity contribution in [3.8, 4) is 0 Å². The number of rotatable bonds is 6. The van der Waals surface area contributed by atoms with Gasteiger partial charge in [-0.05, 0) is 62.7 Å². The predicted octanol–water partition coefficient (Wildman–Crippen LogP) is 2.95. The Labute approximate surface area is 190 Å². The van der Waals surface area contributed by atoms with Gasteiger partial charge < -0.3 is 9.30 Å². The summed E-state index contributed by atoms with van der Waals surface area (Å²) in [6.07, 6.45) is 0. The van der Waals surface area contributed by atoms with Crippen LogP contribution in [0.15, 0.2) is 52.4 Å². The van der Waals surface area contributed by atoms with Gasteiger partial charge in [-0.3, -0.25) is 9.59 Å². The predicted molar refractivity (Wildman–Crippen MR) is 123 cm³/mol. The molecular weight excluding hydrogens is 450 g/mol. The van der Waals surface area contributed by atoms with E-state index in [0.717, 1.165) is 15.8 Å². The Bertz CT molecular complexity index is 1340. The Morgan fingerprint density at radius 3 is 2.41 bits per heavy atom. The monoisotopic (exact) mass is 475 g/mol. The van der Waals surface area contributed by atoms with E-state index >= 15 is 0 Å². The lowest BCUT2D eigenvalue weighted by atomic mass is 10.2. The summed E-state index contributed by atoms with van der Waals surface area (Å²) in [6, 6.07) is 11.2. The number of aromatic nitrogens is 1. The molecule has 0 radical (unpaired) electrons. The minimum atomic E-state index is -3.65. The summed E-state index contributed by atoms with van der Waals surface area (Å²) in [5, 5.41) is 0. The molecule has 2 aromatic carbocycles. The Hall–Kier alpha value is -2.82. The van der Waals surface area contributed by atoms with Crippen molar-refractivity contribution in [3.05, 3.63) is 58.4 Å². The van der Waals surface area contributed by atoms with Crippen LogP contribution in [0.3, 0.4) is 0 Å². The van der Waals surface area contributed by atoms with E-state index in [0.29, 0.717) is 4.80 Å². The van der Waals surface area contributed by atoms with Crippen molar-refractivity contribution in [2.24, 2.45) is 4.99 Å². The number of hydrogen-bond donors (Lipinski definition) is 0. The number of thiazole rings is 1. The van der Waals surface area contributed by atoms with E-state index in [9.17, 15) is 18.0 Å². The van der Waals surface area contributed by atoms with Crippen LogP contribution < -0.4 is 4.80 Å². The molecule has 170 valence electrons. The summed E-state index contributed by atoms with van der Waals surface area (Å²) in [6.45, 7) is 5.44. The molecule has 32 heavy (non-hydrogen) atoms. The third kappa shape index (κ3) is 4.82. The third-order valence-corrected chi connectivity index (χ3v) is 8.14. The van der Waals surface area contributed by atoms with Crippen LogP contribution in [0.5, 0.6) is 0 Å². The van der Waals surface area contributed by atoms with E-state index in [1.54, 1.807) is 18.4 Å². The number of ether oxygens (including phenoxy) is 1. The van der Waals surface area contributed by atoms with E-state index in [1.807, 2.05) is 25.1 Å². The highest BCUT2D eigenvalue weighted by Gasteiger charge is 2.23. The number of hydrogen-bond acceptors (Lipinski definition) is 6. The van der Waals surface area contributed by atoms with Crippen LogP contribution in [-0.2, 0) is 26.1 Å². The van der Waals surface area contributed by atoms with Crippen molar-refractivity contribution in [1.82, 2.24) is 8.87 Å². The van der Waals surface area contributed by atoms with E-state index in [2.05, 4.69) is 4.99 Å². The van der Waals surface area contributed by atoms with Crippen LogP contribution in [0.2, 0.25) is 0 Å². The smallest absolute Gasteiger partial charge is 0.325 e. The molecule has 0 N–H and O–H groups in total. The fourth-order valence-corrected chi connectivity index (χ4v) is 5.47. The standard InChI is InChI=1S/C22H25N3O5S2/c1-14(2)24(4)32(28,29)17-9-7-16(8-10-17)21(27)23-22-25(13-20(26)30-5)18-11-6-15(3)12-19(18)31-22/h6-12,14H,13H2,1-5H3. The molecule has 0 atom stereocenters. The number of nitrogens with zero attached hydrogens (tertiary/aromatic N) is 3. The zero-order valence-corrected chi connectivity index (χ0v) is 20.2. The van der Waals surface area contributed by atoms with Crippen LogP contribution >= 0.6 is 11.3 Å². The Morgan fingerprint density at radius 1 is 1.16 bits per heavy atom. The molecule has 10 heteroatoms. The minimum absolute atomic E-state index is 0.0790. The van der Waals surface area contributed by atoms with Gasteiger partial charge in [0.1, 0.15) is 6.54 Å². The zero-order chi connectivity index (χ0) is 23.6. The first-order valence-electron chi connectivity index (χ1n) is 9.88. The first kappa shape index (κ1) is 23.8. The highest BCUT2D eigenvalue weighted by atomic mass is 32.2. The highest BCUT2D eigenvalue weighted by molar-refractivity contribution is 7.89. The highest BCUT2D eigenvalue weighted by Crippen LogP contribution is 2.20. The van der Waals surface area contributed by atoms with Crippen LogP contribution in [-0.4, -0.2) is 49.4 Å². The van der Waals surface area contributed by atoms with Gasteiger partial charge in [-0.25, -0.2) is 8.42 Å². The minimum Gasteiger partial charge on any atom is -0.468 e. The number of carbonyl (C=O) groups excluding carboxylic acids is 2. The van der Waals surface area contributed by atoms with E-state index in [4.69, 9.17) is 4.74 Å². The normalized spacial score (nSPS) is 12.7. The molecule has 1 heterocycles. The number of esters is 1. The quantitative estimate of drug-likeness (QED) is 0.511. The fraction of sp³-hybridized carbons (Fsp3) is 0.318. The molecule has 1 amide bonds. The largest absolute Gasteiger partial charge is 0.468 e. The van der Waals surface area contributed by atoms with Gasteiger partial charge in [-0.2, -0.15) is 9.30 Å². The van der Waals surface area contributed by atoms with Crippen molar-refractivity contribution in [2.75, 3.05) is 14.2 Å². The molecular formula is C22H25N3O5S2. The van der Waals surface area contributed by atoms with Crippen molar-refractivity contribution < 1.29 is 22.7 Å². The number of benzene rings is 2. The first-order valence-corrected chi connectivity index (χ1v) is 12.1. The van der Waals surface area contributed by atoms with Gasteiger partial charge in [0.25, 0.3) is 5.91 Å². The van der Waals surface area contributed by atoms with Gasteiger partial charge >= 0.3 is 5.97 Å². The number of amides is 1. The summed E-state index contributed by atoms with van der Waals surface area (Å²) in [7, 11) is -0.833. The van der Waals surface area contributed by atoms with Crippen molar-refractivity contribution >= 4 is 43.5 Å². The lowest BCUT2D eigenvalue weighted by molar-refractivity contribution is -0.141. The van der Waals surface area contributed by atoms with Gasteiger partial charge in [0.05, 0.1) is 22.2 Å². The third-order valence-electron chi connectivity index (χ3n) is 5.06. The maximum atomic E-state index is 12.8. The van der Waals surface area contributed by atoms with Gasteiger partial charge in [-0.15, -0.1) is 0 Å². The zero-order valence-electron chi connectivity index (χ0n) is 18.5. The average molecular weight is 476 g/mol. The maximum absolute atomic E-state index is 12.8. The van der Waals surface area contributed by atoms with E-state index < -0.39 is 21.9 Å². The van der Waals surface area contributed by atoms with Crippen LogP contribution in [0.25, 0.3) is 10.2 Å². The number of methoxy groups -OCH3 is 1. The van der Waals surface area contributed by atoms with E-state index in [-0.39, 0.29) is 23.0 Å². The van der Waals surface area contributed by atoms with Gasteiger partial charge in [0, 0.05) is 18.7 Å². The van der Waals surface area contributed by atoms with Crippen molar-refractivity contribution in [1.29, 1.82) is 0 Å². The molecule has 0 spiro atoms. The summed E-state index contributed by atoms with van der Waals surface area (Å²) >= 11 is 1.29. The molecule has 0 saturated carbocycles. The van der Waals surface area contributed by atoms with Gasteiger partial charge in [0.15, 0.2) is 4.80 Å². The molecule has 0 bridgehead atoms. The molecule has 0 aliphatic carbocycles. The lowest BCUT2D eigenvalue weighted by Crippen LogP contribution is -2.33. The molecule has 0 aliphatic heterocycles. The molecule has 0 fully saturated rings. The number of carbonyl (C=O) groups is 2. The van der Waals surface area contributed by atoms with Crippen LogP contribution in [0.4, 0.5) is 0 Å². The Morgan fingerprint density at radius 2 is 1.81 bits per heavy atom. The molecule has 3 aromatic rings. The number of aryl methyl sites for hydroxylation is 1. The van der Waals surface area contributed by atoms with Gasteiger partial charge in [0.2, 0.25) is 10.0 Å². The van der Waals surface area contributed by atoms with Crippen LogP contribution in [0.1, 0.15) is 29.8 Å². The second-order valence-corrected chi connectivity index (χ2v) is 10.6. The molecule has 0 saturated heterocycles. The summed E-state index contributed by atoms with van der Waals surface area (Å²) < 4.78 is 33.8. The fourth-order valence-electron chi connectivity index (χ4n) is 2.98. The number of sulfonamides is 1.